The molecular formula is C20H13Cl2N3. The van der Waals surface area contributed by atoms with E-state index in [9.17, 15) is 0 Å². The lowest BCUT2D eigenvalue weighted by Crippen LogP contribution is -1.85. The lowest BCUT2D eigenvalue weighted by molar-refractivity contribution is 1.17. The number of nitrogens with zero attached hydrogens (tertiary/aromatic N) is 3. The van der Waals surface area contributed by atoms with Crippen molar-refractivity contribution in [2.45, 2.75) is 0 Å². The minimum Gasteiger partial charge on any atom is -0.284 e. The standard InChI is InChI=1S/C20H13Cl2N3/c21-16-8-4-14(5-9-16)13-23-20-19(15-6-10-17(22)11-7-15)24-18-3-1-2-12-25(18)20/h1-13H/b23-13+. The zero-order valence-electron chi connectivity index (χ0n) is 13.1. The van der Waals surface area contributed by atoms with Crippen LogP contribution in [0.2, 0.25) is 10.0 Å². The molecule has 4 aromatic rings. The highest BCUT2D eigenvalue weighted by Crippen LogP contribution is 2.31. The summed E-state index contributed by atoms with van der Waals surface area (Å²) < 4.78 is 1.97. The molecule has 0 radical (unpaired) electrons. The van der Waals surface area contributed by atoms with Crippen LogP contribution in [0.15, 0.2) is 77.9 Å². The highest BCUT2D eigenvalue weighted by atomic mass is 35.5. The van der Waals surface area contributed by atoms with Crippen LogP contribution in [0.5, 0.6) is 0 Å². The van der Waals surface area contributed by atoms with Crippen molar-refractivity contribution in [1.82, 2.24) is 9.38 Å². The smallest absolute Gasteiger partial charge is 0.165 e. The van der Waals surface area contributed by atoms with Gasteiger partial charge in [-0.3, -0.25) is 4.40 Å². The van der Waals surface area contributed by atoms with Gasteiger partial charge in [0.1, 0.15) is 11.3 Å². The molecule has 4 rings (SSSR count). The van der Waals surface area contributed by atoms with Crippen LogP contribution in [0.25, 0.3) is 16.9 Å². The molecule has 0 spiro atoms. The zero-order valence-corrected chi connectivity index (χ0v) is 14.6. The Bertz CT molecular complexity index is 1050. The van der Waals surface area contributed by atoms with E-state index in [-0.39, 0.29) is 0 Å². The Kier molecular flexibility index (Phi) is 4.26. The van der Waals surface area contributed by atoms with E-state index in [1.165, 1.54) is 0 Å². The van der Waals surface area contributed by atoms with E-state index in [0.29, 0.717) is 10.0 Å². The molecule has 0 fully saturated rings. The van der Waals surface area contributed by atoms with Gasteiger partial charge in [-0.1, -0.05) is 53.5 Å². The molecule has 5 heteroatoms. The van der Waals surface area contributed by atoms with Crippen molar-refractivity contribution in [1.29, 1.82) is 0 Å². The maximum Gasteiger partial charge on any atom is 0.165 e. The van der Waals surface area contributed by atoms with Gasteiger partial charge >= 0.3 is 0 Å². The van der Waals surface area contributed by atoms with E-state index >= 15 is 0 Å². The second-order valence-corrected chi connectivity index (χ2v) is 6.40. The van der Waals surface area contributed by atoms with Crippen molar-refractivity contribution in [2.75, 3.05) is 0 Å². The third kappa shape index (κ3) is 3.29. The Hall–Kier alpha value is -2.62. The molecule has 0 saturated heterocycles. The first kappa shape index (κ1) is 15.9. The Balaban J connectivity index is 1.84. The summed E-state index contributed by atoms with van der Waals surface area (Å²) in [5.74, 6) is 0.771. The zero-order chi connectivity index (χ0) is 17.2. The number of hydrogen-bond donors (Lipinski definition) is 0. The summed E-state index contributed by atoms with van der Waals surface area (Å²) in [6.07, 6.45) is 3.77. The van der Waals surface area contributed by atoms with Crippen molar-refractivity contribution in [2.24, 2.45) is 4.99 Å². The van der Waals surface area contributed by atoms with Gasteiger partial charge in [0.25, 0.3) is 0 Å². The summed E-state index contributed by atoms with van der Waals surface area (Å²) in [6.45, 7) is 0. The van der Waals surface area contributed by atoms with Crippen LogP contribution in [-0.2, 0) is 0 Å². The fourth-order valence-electron chi connectivity index (χ4n) is 2.59. The molecule has 0 amide bonds. The second-order valence-electron chi connectivity index (χ2n) is 5.53. The Labute approximate surface area is 155 Å². The fraction of sp³-hybridized carbons (Fsp3) is 0. The summed E-state index contributed by atoms with van der Waals surface area (Å²) in [5, 5.41) is 1.40. The normalized spacial score (nSPS) is 11.4. The average Bonchev–Trinajstić information content (AvgIpc) is 3.00. The largest absolute Gasteiger partial charge is 0.284 e. The van der Waals surface area contributed by atoms with Gasteiger partial charge in [-0.2, -0.15) is 0 Å². The number of halogens is 2. The molecule has 0 aliphatic heterocycles. The summed E-state index contributed by atoms with van der Waals surface area (Å²) in [6, 6.07) is 21.0. The molecule has 2 aromatic heterocycles. The van der Waals surface area contributed by atoms with Gasteiger partial charge in [-0.25, -0.2) is 9.98 Å². The maximum atomic E-state index is 6.01. The SMILES string of the molecule is Clc1ccc(/C=N/c2c(-c3ccc(Cl)cc3)nc3ccccn23)cc1. The Morgan fingerprint density at radius 2 is 1.52 bits per heavy atom. The minimum absolute atomic E-state index is 0.693. The van der Waals surface area contributed by atoms with Crippen LogP contribution in [0.1, 0.15) is 5.56 Å². The first-order valence-electron chi connectivity index (χ1n) is 7.73. The van der Waals surface area contributed by atoms with Crippen molar-refractivity contribution >= 4 is 40.9 Å². The van der Waals surface area contributed by atoms with Gasteiger partial charge in [0.15, 0.2) is 5.82 Å². The molecule has 0 saturated carbocycles. The predicted molar refractivity (Wildman–Crippen MR) is 104 cm³/mol. The van der Waals surface area contributed by atoms with E-state index in [4.69, 9.17) is 33.2 Å². The lowest BCUT2D eigenvalue weighted by atomic mass is 10.1. The highest BCUT2D eigenvalue weighted by molar-refractivity contribution is 6.30. The van der Waals surface area contributed by atoms with Crippen LogP contribution in [0, 0.1) is 0 Å². The monoisotopic (exact) mass is 365 g/mol. The maximum absolute atomic E-state index is 6.01. The number of imidazole rings is 1. The second kappa shape index (κ2) is 6.71. The molecule has 2 aromatic carbocycles. The quantitative estimate of drug-likeness (QED) is 0.405. The molecule has 0 unspecified atom stereocenters. The van der Waals surface area contributed by atoms with Crippen LogP contribution < -0.4 is 0 Å². The predicted octanol–water partition coefficient (Wildman–Crippen LogP) is 6.06. The van der Waals surface area contributed by atoms with Gasteiger partial charge in [0.05, 0.1) is 0 Å². The Morgan fingerprint density at radius 1 is 0.840 bits per heavy atom. The van der Waals surface area contributed by atoms with Gasteiger partial charge in [0, 0.05) is 28.0 Å². The number of benzene rings is 2. The van der Waals surface area contributed by atoms with Gasteiger partial charge < -0.3 is 0 Å². The molecular weight excluding hydrogens is 353 g/mol. The Morgan fingerprint density at radius 3 is 2.24 bits per heavy atom. The highest BCUT2D eigenvalue weighted by Gasteiger charge is 2.12. The van der Waals surface area contributed by atoms with Crippen LogP contribution >= 0.6 is 23.2 Å². The lowest BCUT2D eigenvalue weighted by Gasteiger charge is -2.01. The summed E-state index contributed by atoms with van der Waals surface area (Å²) in [7, 11) is 0. The van der Waals surface area contributed by atoms with E-state index in [2.05, 4.69) is 0 Å². The third-order valence-electron chi connectivity index (χ3n) is 3.83. The molecule has 0 N–H and O–H groups in total. The van der Waals surface area contributed by atoms with Crippen molar-refractivity contribution in [3.8, 4) is 11.3 Å². The number of fused-ring (bicyclic) bond motifs is 1. The average molecular weight is 366 g/mol. The van der Waals surface area contributed by atoms with E-state index in [1.54, 1.807) is 0 Å². The minimum atomic E-state index is 0.693. The van der Waals surface area contributed by atoms with Gasteiger partial charge in [-0.05, 0) is 42.0 Å². The van der Waals surface area contributed by atoms with E-state index in [0.717, 1.165) is 28.3 Å². The first-order chi connectivity index (χ1) is 12.2. The molecule has 25 heavy (non-hydrogen) atoms. The summed E-state index contributed by atoms with van der Waals surface area (Å²) >= 11 is 11.9. The first-order valence-corrected chi connectivity index (χ1v) is 8.49. The number of aromatic nitrogens is 2. The number of rotatable bonds is 3. The van der Waals surface area contributed by atoms with Crippen molar-refractivity contribution in [3.63, 3.8) is 0 Å². The molecule has 0 bridgehead atoms. The molecule has 0 aliphatic carbocycles. The third-order valence-corrected chi connectivity index (χ3v) is 4.33. The molecule has 0 aliphatic rings. The van der Waals surface area contributed by atoms with E-state index in [1.807, 2.05) is 83.5 Å². The van der Waals surface area contributed by atoms with Gasteiger partial charge in [0.2, 0.25) is 0 Å². The van der Waals surface area contributed by atoms with E-state index < -0.39 is 0 Å². The molecule has 3 nitrogen and oxygen atoms in total. The summed E-state index contributed by atoms with van der Waals surface area (Å²) in [5.41, 5.74) is 3.59. The van der Waals surface area contributed by atoms with Crippen LogP contribution in [-0.4, -0.2) is 15.6 Å². The van der Waals surface area contributed by atoms with Gasteiger partial charge in [-0.15, -0.1) is 0 Å². The van der Waals surface area contributed by atoms with Crippen molar-refractivity contribution in [3.05, 3.63) is 88.5 Å². The molecule has 122 valence electrons. The number of hydrogen-bond acceptors (Lipinski definition) is 2. The topological polar surface area (TPSA) is 29.7 Å². The van der Waals surface area contributed by atoms with Crippen LogP contribution in [0.4, 0.5) is 5.82 Å². The number of pyridine rings is 1. The fourth-order valence-corrected chi connectivity index (χ4v) is 2.84. The van der Waals surface area contributed by atoms with Crippen molar-refractivity contribution < 1.29 is 0 Å². The molecule has 2 heterocycles. The molecule has 0 atom stereocenters. The van der Waals surface area contributed by atoms with Crippen LogP contribution in [0.3, 0.4) is 0 Å². The summed E-state index contributed by atoms with van der Waals surface area (Å²) in [4.78, 5) is 9.42. The number of aliphatic imine (C=N–C) groups is 1.